The first kappa shape index (κ1) is 24.2. The largest absolute Gasteiger partial charge is 0.309 e. The molecule has 0 atom stereocenters. The Hall–Kier alpha value is -6.12. The standard InChI is InChI=1S/C44H26N2/c1-2-13-29(14-3-1)45-40-20-9-8-17-33(40)37-25-30(21-22-41(37)45)46-42-24-28-12-5-4-11-27(28)23-36(42)39-26-38-32-16-7-6-15-31(32)34-18-10-19-35(43(34)38)44(39)46/h1-26H. The lowest BCUT2D eigenvalue weighted by atomic mass is 9.98. The molecule has 0 radical (unpaired) electrons. The van der Waals surface area contributed by atoms with Gasteiger partial charge in [0.2, 0.25) is 0 Å². The SMILES string of the molecule is c1ccc(-n2c3ccccc3c3cc(-n4c5cc6ccccc6cc5c5cc6c7c(cccc7c54)-c4ccccc4-6)ccc32)cc1. The minimum absolute atomic E-state index is 1.17. The van der Waals surface area contributed by atoms with E-state index < -0.39 is 0 Å². The molecule has 10 aromatic rings. The van der Waals surface area contributed by atoms with Crippen LogP contribution in [0.25, 0.3) is 98.8 Å². The molecule has 0 aliphatic heterocycles. The third-order valence-electron chi connectivity index (χ3n) is 10.2. The molecule has 212 valence electrons. The van der Waals surface area contributed by atoms with Crippen molar-refractivity contribution in [2.24, 2.45) is 0 Å². The number of para-hydroxylation sites is 2. The number of benzene rings is 8. The Morgan fingerprint density at radius 1 is 0.304 bits per heavy atom. The van der Waals surface area contributed by atoms with Crippen LogP contribution in [0, 0.1) is 0 Å². The molecule has 0 N–H and O–H groups in total. The van der Waals surface area contributed by atoms with Crippen LogP contribution >= 0.6 is 0 Å². The predicted octanol–water partition coefficient (Wildman–Crippen LogP) is 11.8. The van der Waals surface area contributed by atoms with Crippen molar-refractivity contribution in [1.82, 2.24) is 9.13 Å². The molecule has 11 rings (SSSR count). The van der Waals surface area contributed by atoms with Gasteiger partial charge in [-0.15, -0.1) is 0 Å². The van der Waals surface area contributed by atoms with E-state index in [1.807, 2.05) is 0 Å². The lowest BCUT2D eigenvalue weighted by molar-refractivity contribution is 1.17. The summed E-state index contributed by atoms with van der Waals surface area (Å²) in [6.07, 6.45) is 0. The maximum atomic E-state index is 2.52. The van der Waals surface area contributed by atoms with Crippen molar-refractivity contribution in [2.45, 2.75) is 0 Å². The first-order chi connectivity index (χ1) is 22.8. The summed E-state index contributed by atoms with van der Waals surface area (Å²) in [6.45, 7) is 0. The maximum absolute atomic E-state index is 2.52. The van der Waals surface area contributed by atoms with Gasteiger partial charge >= 0.3 is 0 Å². The fraction of sp³-hybridized carbons (Fsp3) is 0. The number of hydrogen-bond donors (Lipinski definition) is 0. The van der Waals surface area contributed by atoms with E-state index >= 15 is 0 Å². The summed E-state index contributed by atoms with van der Waals surface area (Å²) in [5.41, 5.74) is 12.6. The normalized spacial score (nSPS) is 12.3. The Morgan fingerprint density at radius 2 is 0.957 bits per heavy atom. The van der Waals surface area contributed by atoms with Crippen LogP contribution in [0.3, 0.4) is 0 Å². The summed E-state index contributed by atoms with van der Waals surface area (Å²) in [6, 6.07) is 58.2. The van der Waals surface area contributed by atoms with E-state index in [9.17, 15) is 0 Å². The van der Waals surface area contributed by atoms with Gasteiger partial charge in [-0.2, -0.15) is 0 Å². The van der Waals surface area contributed by atoms with Crippen molar-refractivity contribution in [3.63, 3.8) is 0 Å². The Kier molecular flexibility index (Phi) is 4.61. The van der Waals surface area contributed by atoms with Crippen LogP contribution in [0.15, 0.2) is 158 Å². The Labute approximate surface area is 265 Å². The zero-order chi connectivity index (χ0) is 29.9. The molecular formula is C44H26N2. The first-order valence-corrected chi connectivity index (χ1v) is 15.9. The average molecular weight is 583 g/mol. The molecule has 0 fully saturated rings. The van der Waals surface area contributed by atoms with Crippen LogP contribution < -0.4 is 0 Å². The average Bonchev–Trinajstić information content (AvgIpc) is 3.74. The number of nitrogens with zero attached hydrogens (tertiary/aromatic N) is 2. The number of fused-ring (bicyclic) bond motifs is 11. The van der Waals surface area contributed by atoms with Crippen molar-refractivity contribution in [3.05, 3.63) is 158 Å². The molecule has 46 heavy (non-hydrogen) atoms. The predicted molar refractivity (Wildman–Crippen MR) is 195 cm³/mol. The summed E-state index contributed by atoms with van der Waals surface area (Å²) in [4.78, 5) is 0. The summed E-state index contributed by atoms with van der Waals surface area (Å²) in [5, 5.41) is 10.3. The van der Waals surface area contributed by atoms with Gasteiger partial charge in [-0.1, -0.05) is 103 Å². The maximum Gasteiger partial charge on any atom is 0.0620 e. The lowest BCUT2D eigenvalue weighted by Crippen LogP contribution is -1.96. The summed E-state index contributed by atoms with van der Waals surface area (Å²) < 4.78 is 4.92. The molecule has 0 saturated heterocycles. The first-order valence-electron chi connectivity index (χ1n) is 15.9. The van der Waals surface area contributed by atoms with Gasteiger partial charge in [0.25, 0.3) is 0 Å². The zero-order valence-corrected chi connectivity index (χ0v) is 24.9. The van der Waals surface area contributed by atoms with Gasteiger partial charge in [0.05, 0.1) is 22.1 Å². The Balaban J connectivity index is 1.31. The van der Waals surface area contributed by atoms with Gasteiger partial charge in [0.1, 0.15) is 0 Å². The van der Waals surface area contributed by atoms with E-state index in [1.54, 1.807) is 0 Å². The summed E-state index contributed by atoms with van der Waals surface area (Å²) >= 11 is 0. The van der Waals surface area contributed by atoms with Gasteiger partial charge in [-0.3, -0.25) is 0 Å². The van der Waals surface area contributed by atoms with Crippen LogP contribution in [0.5, 0.6) is 0 Å². The van der Waals surface area contributed by atoms with Crippen LogP contribution in [0.2, 0.25) is 0 Å². The third kappa shape index (κ3) is 3.05. The van der Waals surface area contributed by atoms with Gasteiger partial charge < -0.3 is 9.13 Å². The van der Waals surface area contributed by atoms with Gasteiger partial charge in [-0.25, -0.2) is 0 Å². The molecule has 2 heteroatoms. The van der Waals surface area contributed by atoms with Gasteiger partial charge in [0, 0.05) is 38.3 Å². The summed E-state index contributed by atoms with van der Waals surface area (Å²) in [7, 11) is 0. The molecular weight excluding hydrogens is 556 g/mol. The van der Waals surface area contributed by atoms with Gasteiger partial charge in [-0.05, 0) is 93.0 Å². The molecule has 2 heterocycles. The topological polar surface area (TPSA) is 9.86 Å². The molecule has 2 nitrogen and oxygen atoms in total. The highest BCUT2D eigenvalue weighted by molar-refractivity contribution is 6.28. The molecule has 0 unspecified atom stereocenters. The highest BCUT2D eigenvalue weighted by Gasteiger charge is 2.26. The number of aromatic nitrogens is 2. The molecule has 2 aromatic heterocycles. The van der Waals surface area contributed by atoms with Gasteiger partial charge in [0.15, 0.2) is 0 Å². The minimum atomic E-state index is 1.17. The minimum Gasteiger partial charge on any atom is -0.309 e. The fourth-order valence-corrected chi connectivity index (χ4v) is 8.28. The highest BCUT2D eigenvalue weighted by atomic mass is 15.0. The molecule has 0 spiro atoms. The van der Waals surface area contributed by atoms with Crippen molar-refractivity contribution in [1.29, 1.82) is 0 Å². The molecule has 1 aliphatic rings. The zero-order valence-electron chi connectivity index (χ0n) is 24.9. The Bertz CT molecular complexity index is 2900. The van der Waals surface area contributed by atoms with Crippen LogP contribution in [0.4, 0.5) is 0 Å². The van der Waals surface area contributed by atoms with Crippen LogP contribution in [0.1, 0.15) is 0 Å². The second-order valence-electron chi connectivity index (χ2n) is 12.5. The molecule has 0 amide bonds. The van der Waals surface area contributed by atoms with E-state index in [1.165, 1.54) is 98.8 Å². The Morgan fingerprint density at radius 3 is 1.83 bits per heavy atom. The molecule has 1 aliphatic carbocycles. The lowest BCUT2D eigenvalue weighted by Gasteiger charge is -2.12. The number of hydrogen-bond acceptors (Lipinski definition) is 0. The smallest absolute Gasteiger partial charge is 0.0620 e. The number of rotatable bonds is 2. The molecule has 0 saturated carbocycles. The quantitative estimate of drug-likeness (QED) is 0.192. The van der Waals surface area contributed by atoms with E-state index in [2.05, 4.69) is 167 Å². The van der Waals surface area contributed by atoms with Crippen LogP contribution in [-0.2, 0) is 0 Å². The van der Waals surface area contributed by atoms with Crippen molar-refractivity contribution in [2.75, 3.05) is 0 Å². The van der Waals surface area contributed by atoms with E-state index in [-0.39, 0.29) is 0 Å². The second kappa shape index (κ2) is 8.74. The fourth-order valence-electron chi connectivity index (χ4n) is 8.28. The molecule has 8 aromatic carbocycles. The van der Waals surface area contributed by atoms with Crippen LogP contribution in [-0.4, -0.2) is 9.13 Å². The second-order valence-corrected chi connectivity index (χ2v) is 12.5. The van der Waals surface area contributed by atoms with E-state index in [0.29, 0.717) is 0 Å². The van der Waals surface area contributed by atoms with Crippen molar-refractivity contribution in [3.8, 4) is 33.6 Å². The van der Waals surface area contributed by atoms with E-state index in [0.717, 1.165) is 0 Å². The van der Waals surface area contributed by atoms with Crippen molar-refractivity contribution >= 4 is 65.2 Å². The molecule has 0 bridgehead atoms. The monoisotopic (exact) mass is 582 g/mol. The summed E-state index contributed by atoms with van der Waals surface area (Å²) in [5.74, 6) is 0. The van der Waals surface area contributed by atoms with Crippen molar-refractivity contribution < 1.29 is 0 Å². The highest BCUT2D eigenvalue weighted by Crippen LogP contribution is 2.51. The van der Waals surface area contributed by atoms with E-state index in [4.69, 9.17) is 0 Å². The third-order valence-corrected chi connectivity index (χ3v) is 10.2.